The van der Waals surface area contributed by atoms with Gasteiger partial charge in [0.25, 0.3) is 0 Å². The molecular weight excluding hydrogens is 306 g/mol. The molecule has 0 saturated heterocycles. The Kier molecular flexibility index (Phi) is 17.4. The van der Waals surface area contributed by atoms with Crippen LogP contribution in [0.5, 0.6) is 0 Å². The molecule has 0 aromatic carbocycles. The fourth-order valence-corrected chi connectivity index (χ4v) is 2.64. The average Bonchev–Trinajstić information content (AvgIpc) is 2.57. The topological polar surface area (TPSA) is 66.8 Å². The second kappa shape index (κ2) is 18.2. The molecule has 5 heteroatoms. The number of carbonyl (C=O) groups excluding carboxylic acids is 1. The third kappa shape index (κ3) is 15.8. The lowest BCUT2D eigenvalue weighted by molar-refractivity contribution is -0.132. The van der Waals surface area contributed by atoms with Gasteiger partial charge in [-0.1, -0.05) is 71.1 Å². The zero-order valence-electron chi connectivity index (χ0n) is 15.5. The lowest BCUT2D eigenvalue weighted by atomic mass is 10.1. The molecule has 1 N–H and O–H groups in total. The standard InChI is InChI=1S/C19H37NO4/c1-2-3-4-5-6-7-8-9-12-15-18-24-20(19(22)23)16-13-10-11-14-17-21/h17H,2-16,18H2,1H3,(H,22,23). The summed E-state index contributed by atoms with van der Waals surface area (Å²) in [6.07, 6.45) is 15.3. The molecule has 5 nitrogen and oxygen atoms in total. The highest BCUT2D eigenvalue weighted by atomic mass is 16.7. The van der Waals surface area contributed by atoms with Gasteiger partial charge in [-0.3, -0.25) is 4.84 Å². The fourth-order valence-electron chi connectivity index (χ4n) is 2.64. The summed E-state index contributed by atoms with van der Waals surface area (Å²) in [4.78, 5) is 26.6. The summed E-state index contributed by atoms with van der Waals surface area (Å²) in [7, 11) is 0. The molecule has 0 heterocycles. The van der Waals surface area contributed by atoms with Gasteiger partial charge in [-0.05, 0) is 19.3 Å². The van der Waals surface area contributed by atoms with Crippen molar-refractivity contribution in [3.8, 4) is 0 Å². The van der Waals surface area contributed by atoms with Gasteiger partial charge in [-0.15, -0.1) is 0 Å². The van der Waals surface area contributed by atoms with Crippen LogP contribution in [0.3, 0.4) is 0 Å². The maximum atomic E-state index is 11.1. The Bertz CT molecular complexity index is 297. The molecule has 0 radical (unpaired) electrons. The first-order valence-corrected chi connectivity index (χ1v) is 9.79. The molecule has 1 amide bonds. The van der Waals surface area contributed by atoms with Crippen LogP contribution in [0.25, 0.3) is 0 Å². The van der Waals surface area contributed by atoms with Crippen molar-refractivity contribution in [1.82, 2.24) is 5.06 Å². The summed E-state index contributed by atoms with van der Waals surface area (Å²) in [5.41, 5.74) is 0. The van der Waals surface area contributed by atoms with E-state index in [1.807, 2.05) is 0 Å². The summed E-state index contributed by atoms with van der Waals surface area (Å²) in [5, 5.41) is 10.1. The molecule has 0 bridgehead atoms. The minimum absolute atomic E-state index is 0.381. The third-order valence-corrected chi connectivity index (χ3v) is 4.14. The van der Waals surface area contributed by atoms with Crippen LogP contribution in [0.2, 0.25) is 0 Å². The molecule has 0 aromatic rings. The van der Waals surface area contributed by atoms with Crippen molar-refractivity contribution < 1.29 is 19.5 Å². The van der Waals surface area contributed by atoms with Crippen LogP contribution in [0.15, 0.2) is 0 Å². The highest BCUT2D eigenvalue weighted by Gasteiger charge is 2.11. The highest BCUT2D eigenvalue weighted by molar-refractivity contribution is 5.63. The van der Waals surface area contributed by atoms with E-state index in [0.717, 1.165) is 43.5 Å². The van der Waals surface area contributed by atoms with Gasteiger partial charge >= 0.3 is 6.09 Å². The molecule has 0 atom stereocenters. The van der Waals surface area contributed by atoms with Crippen molar-refractivity contribution in [3.05, 3.63) is 0 Å². The van der Waals surface area contributed by atoms with Crippen LogP contribution in [-0.2, 0) is 9.63 Å². The lowest BCUT2D eigenvalue weighted by Crippen LogP contribution is -2.31. The van der Waals surface area contributed by atoms with Crippen molar-refractivity contribution in [2.75, 3.05) is 13.2 Å². The van der Waals surface area contributed by atoms with Crippen LogP contribution in [0.1, 0.15) is 96.8 Å². The number of carbonyl (C=O) groups is 2. The summed E-state index contributed by atoms with van der Waals surface area (Å²) in [5.74, 6) is 0. The Balaban J connectivity index is 3.44. The molecular formula is C19H37NO4. The van der Waals surface area contributed by atoms with E-state index in [0.29, 0.717) is 19.6 Å². The van der Waals surface area contributed by atoms with Crippen LogP contribution in [0, 0.1) is 0 Å². The predicted octanol–water partition coefficient (Wildman–Crippen LogP) is 5.58. The van der Waals surface area contributed by atoms with Crippen molar-refractivity contribution >= 4 is 12.4 Å². The third-order valence-electron chi connectivity index (χ3n) is 4.14. The number of nitrogens with zero attached hydrogens (tertiary/aromatic N) is 1. The number of hydrogen-bond acceptors (Lipinski definition) is 3. The molecule has 0 aromatic heterocycles. The molecule has 24 heavy (non-hydrogen) atoms. The molecule has 0 aliphatic rings. The zero-order valence-corrected chi connectivity index (χ0v) is 15.5. The molecule has 0 fully saturated rings. The number of hydroxylamine groups is 2. The van der Waals surface area contributed by atoms with Crippen molar-refractivity contribution in [1.29, 1.82) is 0 Å². The summed E-state index contributed by atoms with van der Waals surface area (Å²) >= 11 is 0. The first kappa shape index (κ1) is 22.9. The van der Waals surface area contributed by atoms with E-state index in [-0.39, 0.29) is 0 Å². The van der Waals surface area contributed by atoms with Crippen LogP contribution in [-0.4, -0.2) is 35.7 Å². The molecule has 0 unspecified atom stereocenters. The predicted molar refractivity (Wildman–Crippen MR) is 97.1 cm³/mol. The number of unbranched alkanes of at least 4 members (excludes halogenated alkanes) is 12. The minimum Gasteiger partial charge on any atom is -0.463 e. The van der Waals surface area contributed by atoms with E-state index in [9.17, 15) is 9.59 Å². The number of amides is 1. The normalized spacial score (nSPS) is 10.7. The van der Waals surface area contributed by atoms with Gasteiger partial charge in [0.1, 0.15) is 6.29 Å². The number of carboxylic acid groups (broad SMARTS) is 1. The molecule has 0 spiro atoms. The van der Waals surface area contributed by atoms with Gasteiger partial charge in [-0.25, -0.2) is 4.79 Å². The van der Waals surface area contributed by atoms with Crippen LogP contribution in [0.4, 0.5) is 4.79 Å². The molecule has 0 saturated carbocycles. The number of aldehydes is 1. The summed E-state index contributed by atoms with van der Waals surface area (Å²) in [6, 6.07) is 0. The summed E-state index contributed by atoms with van der Waals surface area (Å²) in [6.45, 7) is 3.09. The molecule has 0 aliphatic carbocycles. The number of hydrogen-bond donors (Lipinski definition) is 1. The Labute approximate surface area is 147 Å². The van der Waals surface area contributed by atoms with Crippen LogP contribution >= 0.6 is 0 Å². The maximum Gasteiger partial charge on any atom is 0.431 e. The van der Waals surface area contributed by atoms with E-state index in [4.69, 9.17) is 9.94 Å². The SMILES string of the molecule is CCCCCCCCCCCCON(CCCCCC=O)C(=O)O. The minimum atomic E-state index is -1.03. The van der Waals surface area contributed by atoms with Crippen molar-refractivity contribution in [3.63, 3.8) is 0 Å². The monoisotopic (exact) mass is 343 g/mol. The second-order valence-corrected chi connectivity index (χ2v) is 6.42. The first-order valence-electron chi connectivity index (χ1n) is 9.79. The Morgan fingerprint density at radius 3 is 1.96 bits per heavy atom. The second-order valence-electron chi connectivity index (χ2n) is 6.42. The fraction of sp³-hybridized carbons (Fsp3) is 0.895. The largest absolute Gasteiger partial charge is 0.463 e. The maximum absolute atomic E-state index is 11.1. The van der Waals surface area contributed by atoms with Gasteiger partial charge in [-0.2, -0.15) is 5.06 Å². The molecule has 0 rings (SSSR count). The van der Waals surface area contributed by atoms with E-state index in [1.165, 1.54) is 51.4 Å². The Morgan fingerprint density at radius 1 is 0.875 bits per heavy atom. The number of rotatable bonds is 18. The Hall–Kier alpha value is -1.10. The average molecular weight is 344 g/mol. The van der Waals surface area contributed by atoms with Gasteiger partial charge in [0.05, 0.1) is 13.2 Å². The van der Waals surface area contributed by atoms with Gasteiger partial charge < -0.3 is 9.90 Å². The van der Waals surface area contributed by atoms with Crippen molar-refractivity contribution in [2.45, 2.75) is 96.8 Å². The van der Waals surface area contributed by atoms with E-state index in [1.54, 1.807) is 0 Å². The van der Waals surface area contributed by atoms with Gasteiger partial charge in [0, 0.05) is 6.42 Å². The van der Waals surface area contributed by atoms with Gasteiger partial charge in [0.15, 0.2) is 0 Å². The first-order chi connectivity index (χ1) is 11.7. The van der Waals surface area contributed by atoms with Gasteiger partial charge in [0.2, 0.25) is 0 Å². The van der Waals surface area contributed by atoms with Crippen molar-refractivity contribution in [2.24, 2.45) is 0 Å². The molecule has 142 valence electrons. The smallest absolute Gasteiger partial charge is 0.431 e. The van der Waals surface area contributed by atoms with Crippen LogP contribution < -0.4 is 0 Å². The highest BCUT2D eigenvalue weighted by Crippen LogP contribution is 2.11. The van der Waals surface area contributed by atoms with E-state index < -0.39 is 6.09 Å². The lowest BCUT2D eigenvalue weighted by Gasteiger charge is -2.18. The molecule has 0 aliphatic heterocycles. The zero-order chi connectivity index (χ0) is 17.9. The quantitative estimate of drug-likeness (QED) is 0.200. The van der Waals surface area contributed by atoms with E-state index in [2.05, 4.69) is 6.92 Å². The summed E-state index contributed by atoms with van der Waals surface area (Å²) < 4.78 is 0. The Morgan fingerprint density at radius 2 is 1.42 bits per heavy atom. The van der Waals surface area contributed by atoms with E-state index >= 15 is 0 Å².